The number of hydrogen-bond donors (Lipinski definition) is 0. The van der Waals surface area contributed by atoms with Gasteiger partial charge in [0.05, 0.1) is 11.6 Å². The molecule has 0 aliphatic heterocycles. The molecule has 11 heteroatoms. The minimum Gasteiger partial charge on any atom is -0.200 e. The molecule has 0 radical (unpaired) electrons. The number of rotatable bonds is 6. The predicted octanol–water partition coefficient (Wildman–Crippen LogP) is 5.76. The molecule has 0 saturated carbocycles. The number of halogens is 10. The number of nitrogens with zero attached hydrogens (tertiary/aromatic N) is 1. The van der Waals surface area contributed by atoms with Gasteiger partial charge in [0.25, 0.3) is 0 Å². The summed E-state index contributed by atoms with van der Waals surface area (Å²) < 4.78 is 114. The molecule has 0 saturated heterocycles. The van der Waals surface area contributed by atoms with Crippen LogP contribution in [0.2, 0.25) is 0 Å². The molecule has 0 heterocycles. The Morgan fingerprint density at radius 1 is 0.960 bits per heavy atom. The Labute approximate surface area is 149 Å². The van der Waals surface area contributed by atoms with Gasteiger partial charge in [-0.2, -0.15) is 44.8 Å². The largest absolute Gasteiger partial charge is 0.460 e. The third-order valence-corrected chi connectivity index (χ3v) is 4.08. The molecule has 1 unspecified atom stereocenters. The van der Waals surface area contributed by atoms with Gasteiger partial charge in [-0.15, -0.1) is 0 Å². The summed E-state index contributed by atoms with van der Waals surface area (Å²) in [6.07, 6.45) is -9.04. The Morgan fingerprint density at radius 3 is 2.00 bits per heavy atom. The monoisotopic (exact) mass is 489 g/mol. The Morgan fingerprint density at radius 2 is 1.52 bits per heavy atom. The summed E-state index contributed by atoms with van der Waals surface area (Å²) in [5.41, 5.74) is 0.432. The zero-order valence-electron chi connectivity index (χ0n) is 12.0. The first kappa shape index (κ1) is 21.9. The summed E-state index contributed by atoms with van der Waals surface area (Å²) >= 11 is 1.26. The van der Waals surface area contributed by atoms with E-state index in [-0.39, 0.29) is 17.5 Å². The van der Waals surface area contributed by atoms with Crippen molar-refractivity contribution in [1.29, 1.82) is 5.26 Å². The minimum absolute atomic E-state index is 0.154. The molecule has 1 aromatic carbocycles. The standard InChI is InChI=1S/C14H9F9IN/c15-11(16,12(17,18)13(19,20)14(21,22)23)6-10(24)5-8-2-1-3-9(4-8)7-25/h1-4,10H,5-6H2. The van der Waals surface area contributed by atoms with Crippen molar-refractivity contribution < 1.29 is 39.5 Å². The molecule has 1 nitrogen and oxygen atoms in total. The van der Waals surface area contributed by atoms with Crippen molar-refractivity contribution in [1.82, 2.24) is 0 Å². The minimum atomic E-state index is -6.87. The average molecular weight is 489 g/mol. The molecule has 25 heavy (non-hydrogen) atoms. The maximum Gasteiger partial charge on any atom is 0.460 e. The molecule has 0 amide bonds. The van der Waals surface area contributed by atoms with Gasteiger partial charge in [0, 0.05) is 10.3 Å². The Hall–Kier alpha value is -1.19. The van der Waals surface area contributed by atoms with E-state index < -0.39 is 34.3 Å². The van der Waals surface area contributed by atoms with Gasteiger partial charge in [-0.1, -0.05) is 34.7 Å². The van der Waals surface area contributed by atoms with E-state index in [0.717, 1.165) is 0 Å². The highest BCUT2D eigenvalue weighted by Crippen LogP contribution is 2.54. The van der Waals surface area contributed by atoms with E-state index in [0.29, 0.717) is 0 Å². The summed E-state index contributed by atoms with van der Waals surface area (Å²) in [5.74, 6) is -19.1. The summed E-state index contributed by atoms with van der Waals surface area (Å²) in [4.78, 5) is 0. The molecular formula is C14H9F9IN. The fourth-order valence-electron chi connectivity index (χ4n) is 1.91. The summed E-state index contributed by atoms with van der Waals surface area (Å²) in [5, 5.41) is 8.69. The molecule has 1 rings (SSSR count). The van der Waals surface area contributed by atoms with Crippen molar-refractivity contribution in [2.24, 2.45) is 0 Å². The van der Waals surface area contributed by atoms with Crippen LogP contribution in [0.3, 0.4) is 0 Å². The first-order valence-corrected chi connectivity index (χ1v) is 7.73. The molecule has 0 aliphatic carbocycles. The second-order valence-corrected chi connectivity index (χ2v) is 6.93. The average Bonchev–Trinajstić information content (AvgIpc) is 2.45. The molecule has 140 valence electrons. The lowest BCUT2D eigenvalue weighted by molar-refractivity contribution is -0.396. The lowest BCUT2D eigenvalue weighted by Gasteiger charge is -2.34. The maximum atomic E-state index is 13.5. The molecule has 1 atom stereocenters. The van der Waals surface area contributed by atoms with Crippen LogP contribution in [-0.4, -0.2) is 27.9 Å². The van der Waals surface area contributed by atoms with E-state index in [9.17, 15) is 39.5 Å². The molecule has 0 fully saturated rings. The van der Waals surface area contributed by atoms with Crippen LogP contribution in [-0.2, 0) is 6.42 Å². The maximum absolute atomic E-state index is 13.5. The van der Waals surface area contributed by atoms with Crippen molar-refractivity contribution in [3.8, 4) is 6.07 Å². The Bertz CT molecular complexity index is 648. The van der Waals surface area contributed by atoms with Crippen LogP contribution in [0, 0.1) is 11.3 Å². The van der Waals surface area contributed by atoms with E-state index in [4.69, 9.17) is 5.26 Å². The van der Waals surface area contributed by atoms with Gasteiger partial charge in [0.2, 0.25) is 0 Å². The van der Waals surface area contributed by atoms with Crippen LogP contribution >= 0.6 is 22.6 Å². The van der Waals surface area contributed by atoms with Gasteiger partial charge in [-0.3, -0.25) is 0 Å². The van der Waals surface area contributed by atoms with E-state index >= 15 is 0 Å². The normalized spacial score (nSPS) is 14.9. The van der Waals surface area contributed by atoms with E-state index in [1.807, 2.05) is 0 Å². The fraction of sp³-hybridized carbons (Fsp3) is 0.500. The van der Waals surface area contributed by atoms with E-state index in [1.54, 1.807) is 6.07 Å². The predicted molar refractivity (Wildman–Crippen MR) is 78.2 cm³/mol. The van der Waals surface area contributed by atoms with Crippen LogP contribution in [0.4, 0.5) is 39.5 Å². The quantitative estimate of drug-likeness (QED) is 0.283. The molecule has 0 spiro atoms. The third-order valence-electron chi connectivity index (χ3n) is 3.20. The highest BCUT2D eigenvalue weighted by Gasteiger charge is 2.81. The van der Waals surface area contributed by atoms with Gasteiger partial charge in [-0.25, -0.2) is 0 Å². The van der Waals surface area contributed by atoms with Crippen molar-refractivity contribution in [3.63, 3.8) is 0 Å². The van der Waals surface area contributed by atoms with Crippen molar-refractivity contribution >= 4 is 22.6 Å². The van der Waals surface area contributed by atoms with Gasteiger partial charge in [0.1, 0.15) is 0 Å². The highest BCUT2D eigenvalue weighted by molar-refractivity contribution is 14.1. The molecule has 0 aliphatic rings. The van der Waals surface area contributed by atoms with Crippen molar-refractivity contribution in [2.45, 2.75) is 40.7 Å². The van der Waals surface area contributed by atoms with Crippen LogP contribution in [0.1, 0.15) is 17.5 Å². The summed E-state index contributed by atoms with van der Waals surface area (Å²) in [6.45, 7) is 0. The summed E-state index contributed by atoms with van der Waals surface area (Å²) in [7, 11) is 0. The molecule has 0 bridgehead atoms. The first-order valence-electron chi connectivity index (χ1n) is 6.49. The van der Waals surface area contributed by atoms with Crippen molar-refractivity contribution in [2.75, 3.05) is 0 Å². The number of alkyl halides is 10. The van der Waals surface area contributed by atoms with Gasteiger partial charge >= 0.3 is 23.9 Å². The van der Waals surface area contributed by atoms with Crippen LogP contribution in [0.15, 0.2) is 24.3 Å². The van der Waals surface area contributed by atoms with Crippen LogP contribution in [0.5, 0.6) is 0 Å². The van der Waals surface area contributed by atoms with E-state index in [1.165, 1.54) is 46.9 Å². The Kier molecular flexibility index (Phi) is 6.30. The van der Waals surface area contributed by atoms with E-state index in [2.05, 4.69) is 0 Å². The molecule has 0 N–H and O–H groups in total. The zero-order chi connectivity index (χ0) is 19.7. The number of benzene rings is 1. The summed E-state index contributed by atoms with van der Waals surface area (Å²) in [6, 6.07) is 7.18. The van der Waals surface area contributed by atoms with Crippen LogP contribution in [0.25, 0.3) is 0 Å². The van der Waals surface area contributed by atoms with Crippen LogP contribution < -0.4 is 0 Å². The first-order chi connectivity index (χ1) is 11.2. The Balaban J connectivity index is 2.97. The smallest absolute Gasteiger partial charge is 0.200 e. The van der Waals surface area contributed by atoms with Gasteiger partial charge in [-0.05, 0) is 24.1 Å². The lowest BCUT2D eigenvalue weighted by atomic mass is 9.97. The number of hydrogen-bond acceptors (Lipinski definition) is 1. The molecule has 1 aromatic rings. The topological polar surface area (TPSA) is 23.8 Å². The third kappa shape index (κ3) is 4.51. The zero-order valence-corrected chi connectivity index (χ0v) is 14.2. The lowest BCUT2D eigenvalue weighted by Crippen LogP contribution is -2.61. The number of nitriles is 1. The van der Waals surface area contributed by atoms with Gasteiger partial charge < -0.3 is 0 Å². The van der Waals surface area contributed by atoms with Crippen molar-refractivity contribution in [3.05, 3.63) is 35.4 Å². The second kappa shape index (κ2) is 7.20. The molecule has 0 aromatic heterocycles. The van der Waals surface area contributed by atoms with Gasteiger partial charge in [0.15, 0.2) is 0 Å². The highest BCUT2D eigenvalue weighted by atomic mass is 127. The second-order valence-electron chi connectivity index (χ2n) is 5.17. The SMILES string of the molecule is N#Cc1cccc(CC(I)CC(F)(F)C(F)(F)C(F)(F)C(F)(F)F)c1. The fourth-order valence-corrected chi connectivity index (χ4v) is 2.97. The molecular weight excluding hydrogens is 480 g/mol.